The van der Waals surface area contributed by atoms with Gasteiger partial charge in [0.15, 0.2) is 0 Å². The first kappa shape index (κ1) is 16.0. The Morgan fingerprint density at radius 2 is 1.71 bits per heavy atom. The van der Waals surface area contributed by atoms with Crippen LogP contribution in [0.15, 0.2) is 18.2 Å². The molecule has 1 aromatic rings. The maximum Gasteiger partial charge on any atom is 0.124 e. The monoisotopic (exact) mass is 292 g/mol. The second-order valence-electron chi connectivity index (χ2n) is 5.81. The predicted octanol–water partition coefficient (Wildman–Crippen LogP) is 3.06. The van der Waals surface area contributed by atoms with E-state index in [0.29, 0.717) is 12.1 Å². The van der Waals surface area contributed by atoms with Crippen LogP contribution in [0.3, 0.4) is 0 Å². The SMILES string of the molecule is CCC1CCN(c2cc(OC)cc(OC)c2)CCC(C)N1. The van der Waals surface area contributed by atoms with Crippen molar-refractivity contribution in [3.8, 4) is 11.5 Å². The van der Waals surface area contributed by atoms with Crippen LogP contribution in [0.2, 0.25) is 0 Å². The lowest BCUT2D eigenvalue weighted by molar-refractivity contribution is 0.377. The Morgan fingerprint density at radius 3 is 2.29 bits per heavy atom. The van der Waals surface area contributed by atoms with E-state index in [2.05, 4.69) is 36.2 Å². The molecule has 1 fully saturated rings. The molecule has 1 aliphatic rings. The molecule has 1 saturated heterocycles. The summed E-state index contributed by atoms with van der Waals surface area (Å²) in [6.07, 6.45) is 3.50. The summed E-state index contributed by atoms with van der Waals surface area (Å²) < 4.78 is 10.8. The fraction of sp³-hybridized carbons (Fsp3) is 0.647. The normalized spacial score (nSPS) is 23.3. The van der Waals surface area contributed by atoms with E-state index in [1.807, 2.05) is 6.07 Å². The van der Waals surface area contributed by atoms with Crippen LogP contribution in [0.4, 0.5) is 5.69 Å². The summed E-state index contributed by atoms with van der Waals surface area (Å²) in [5.41, 5.74) is 1.19. The van der Waals surface area contributed by atoms with E-state index in [9.17, 15) is 0 Å². The third kappa shape index (κ3) is 4.27. The lowest BCUT2D eigenvalue weighted by Crippen LogP contribution is -2.44. The largest absolute Gasteiger partial charge is 0.497 e. The molecule has 0 aromatic heterocycles. The van der Waals surface area contributed by atoms with Crippen molar-refractivity contribution in [2.24, 2.45) is 0 Å². The molecule has 0 bridgehead atoms. The number of nitrogens with one attached hydrogen (secondary N) is 1. The van der Waals surface area contributed by atoms with Crippen molar-refractivity contribution in [3.63, 3.8) is 0 Å². The third-order valence-corrected chi connectivity index (χ3v) is 4.29. The highest BCUT2D eigenvalue weighted by Gasteiger charge is 2.18. The highest BCUT2D eigenvalue weighted by molar-refractivity contribution is 5.55. The van der Waals surface area contributed by atoms with Gasteiger partial charge in [0.05, 0.1) is 14.2 Å². The molecule has 2 atom stereocenters. The molecule has 0 radical (unpaired) electrons. The van der Waals surface area contributed by atoms with Gasteiger partial charge in [0.2, 0.25) is 0 Å². The van der Waals surface area contributed by atoms with Gasteiger partial charge >= 0.3 is 0 Å². The topological polar surface area (TPSA) is 33.7 Å². The number of methoxy groups -OCH3 is 2. The first-order chi connectivity index (χ1) is 10.2. The van der Waals surface area contributed by atoms with Crippen LogP contribution >= 0.6 is 0 Å². The van der Waals surface area contributed by atoms with Crippen molar-refractivity contribution in [2.45, 2.75) is 45.2 Å². The number of hydrogen-bond acceptors (Lipinski definition) is 4. The van der Waals surface area contributed by atoms with Gasteiger partial charge in [-0.1, -0.05) is 6.92 Å². The van der Waals surface area contributed by atoms with E-state index < -0.39 is 0 Å². The Balaban J connectivity index is 2.18. The zero-order valence-corrected chi connectivity index (χ0v) is 13.7. The van der Waals surface area contributed by atoms with E-state index in [4.69, 9.17) is 9.47 Å². The molecule has 0 aliphatic carbocycles. The van der Waals surface area contributed by atoms with E-state index in [-0.39, 0.29) is 0 Å². The molecule has 1 aliphatic heterocycles. The van der Waals surface area contributed by atoms with Crippen LogP contribution in [0, 0.1) is 0 Å². The molecule has 4 heteroatoms. The van der Waals surface area contributed by atoms with Crippen LogP contribution in [0.25, 0.3) is 0 Å². The summed E-state index contributed by atoms with van der Waals surface area (Å²) in [4.78, 5) is 2.45. The van der Waals surface area contributed by atoms with Crippen LogP contribution < -0.4 is 19.7 Å². The molecular formula is C17H28N2O2. The standard InChI is InChI=1S/C17H28N2O2/c1-5-14-7-9-19(8-6-13(2)18-14)15-10-16(20-3)12-17(11-15)21-4/h10-14,18H,5-9H2,1-4H3. The maximum absolute atomic E-state index is 5.39. The molecule has 21 heavy (non-hydrogen) atoms. The average molecular weight is 292 g/mol. The van der Waals surface area contributed by atoms with Crippen molar-refractivity contribution in [2.75, 3.05) is 32.2 Å². The molecule has 118 valence electrons. The van der Waals surface area contributed by atoms with Crippen LogP contribution in [0.5, 0.6) is 11.5 Å². The van der Waals surface area contributed by atoms with Gasteiger partial charge in [0.25, 0.3) is 0 Å². The number of benzene rings is 1. The Morgan fingerprint density at radius 1 is 1.10 bits per heavy atom. The summed E-state index contributed by atoms with van der Waals surface area (Å²) in [6, 6.07) is 7.29. The first-order valence-electron chi connectivity index (χ1n) is 7.90. The summed E-state index contributed by atoms with van der Waals surface area (Å²) >= 11 is 0. The van der Waals surface area contributed by atoms with E-state index in [1.165, 1.54) is 18.5 Å². The molecule has 1 heterocycles. The Kier molecular flexibility index (Phi) is 5.74. The third-order valence-electron chi connectivity index (χ3n) is 4.29. The lowest BCUT2D eigenvalue weighted by atomic mass is 10.0. The molecule has 2 rings (SSSR count). The molecule has 0 spiro atoms. The van der Waals surface area contributed by atoms with Crippen LogP contribution in [0.1, 0.15) is 33.1 Å². The minimum atomic E-state index is 0.560. The van der Waals surface area contributed by atoms with Gasteiger partial charge in [0, 0.05) is 49.1 Å². The van der Waals surface area contributed by atoms with Crippen molar-refractivity contribution in [3.05, 3.63) is 18.2 Å². The number of hydrogen-bond donors (Lipinski definition) is 1. The Hall–Kier alpha value is -1.42. The molecular weight excluding hydrogens is 264 g/mol. The highest BCUT2D eigenvalue weighted by Crippen LogP contribution is 2.29. The number of ether oxygens (including phenoxy) is 2. The molecule has 4 nitrogen and oxygen atoms in total. The fourth-order valence-electron chi connectivity index (χ4n) is 2.90. The fourth-order valence-corrected chi connectivity index (χ4v) is 2.90. The maximum atomic E-state index is 5.39. The second kappa shape index (κ2) is 7.55. The predicted molar refractivity (Wildman–Crippen MR) is 87.7 cm³/mol. The number of nitrogens with zero attached hydrogens (tertiary/aromatic N) is 1. The van der Waals surface area contributed by atoms with Gasteiger partial charge in [0.1, 0.15) is 11.5 Å². The molecule has 0 amide bonds. The zero-order chi connectivity index (χ0) is 15.2. The smallest absolute Gasteiger partial charge is 0.124 e. The molecule has 1 N–H and O–H groups in total. The van der Waals surface area contributed by atoms with Gasteiger partial charge in [-0.3, -0.25) is 0 Å². The Bertz CT molecular complexity index is 428. The van der Waals surface area contributed by atoms with Crippen molar-refractivity contribution in [1.29, 1.82) is 0 Å². The lowest BCUT2D eigenvalue weighted by Gasteiger charge is -2.33. The molecule has 0 saturated carbocycles. The molecule has 2 unspecified atom stereocenters. The van der Waals surface area contributed by atoms with Crippen LogP contribution in [-0.4, -0.2) is 39.4 Å². The quantitative estimate of drug-likeness (QED) is 0.925. The summed E-state index contributed by atoms with van der Waals surface area (Å²) in [6.45, 7) is 6.65. The molecule has 1 aromatic carbocycles. The van der Waals surface area contributed by atoms with Gasteiger partial charge < -0.3 is 19.7 Å². The Labute approximate surface area is 128 Å². The van der Waals surface area contributed by atoms with Gasteiger partial charge in [-0.05, 0) is 26.2 Å². The van der Waals surface area contributed by atoms with E-state index in [0.717, 1.165) is 31.0 Å². The summed E-state index contributed by atoms with van der Waals surface area (Å²) in [5, 5.41) is 3.71. The summed E-state index contributed by atoms with van der Waals surface area (Å²) in [5.74, 6) is 1.70. The van der Waals surface area contributed by atoms with Gasteiger partial charge in [-0.25, -0.2) is 0 Å². The van der Waals surface area contributed by atoms with E-state index >= 15 is 0 Å². The van der Waals surface area contributed by atoms with Gasteiger partial charge in [-0.15, -0.1) is 0 Å². The highest BCUT2D eigenvalue weighted by atomic mass is 16.5. The van der Waals surface area contributed by atoms with Crippen LogP contribution in [-0.2, 0) is 0 Å². The number of anilines is 1. The minimum Gasteiger partial charge on any atom is -0.497 e. The van der Waals surface area contributed by atoms with Crippen molar-refractivity contribution in [1.82, 2.24) is 5.32 Å². The second-order valence-corrected chi connectivity index (χ2v) is 5.81. The van der Waals surface area contributed by atoms with Gasteiger partial charge in [-0.2, -0.15) is 0 Å². The number of rotatable bonds is 4. The van der Waals surface area contributed by atoms with E-state index in [1.54, 1.807) is 14.2 Å². The van der Waals surface area contributed by atoms with Crippen molar-refractivity contribution < 1.29 is 9.47 Å². The zero-order valence-electron chi connectivity index (χ0n) is 13.7. The first-order valence-corrected chi connectivity index (χ1v) is 7.90. The summed E-state index contributed by atoms with van der Waals surface area (Å²) in [7, 11) is 3.40. The van der Waals surface area contributed by atoms with Crippen molar-refractivity contribution >= 4 is 5.69 Å². The average Bonchev–Trinajstić information content (AvgIpc) is 2.50. The minimum absolute atomic E-state index is 0.560.